The van der Waals surface area contributed by atoms with E-state index >= 15 is 0 Å². The third-order valence-electron chi connectivity index (χ3n) is 16.7. The number of rotatable bonds is 69. The Kier molecular flexibility index (Phi) is 60.6. The predicted octanol–water partition coefficient (Wildman–Crippen LogP) is 20.2. The van der Waals surface area contributed by atoms with Gasteiger partial charge < -0.3 is 33.8 Å². The van der Waals surface area contributed by atoms with Gasteiger partial charge in [-0.05, 0) is 43.4 Å². The van der Waals surface area contributed by atoms with Gasteiger partial charge in [0.25, 0.3) is 0 Å². The molecule has 0 aliphatic rings. The molecule has 0 aromatic rings. The van der Waals surface area contributed by atoms with E-state index in [0.717, 1.165) is 114 Å². The lowest BCUT2D eigenvalue weighted by atomic mass is 10.00. The number of hydrogen-bond acceptors (Lipinski definition) is 15. The van der Waals surface area contributed by atoms with Crippen molar-refractivity contribution in [3.8, 4) is 0 Å². The molecule has 0 aliphatic heterocycles. The van der Waals surface area contributed by atoms with Crippen LogP contribution in [0.5, 0.6) is 0 Å². The number of phosphoric acid groups is 2. The standard InChI is InChI=1S/C71H138O17P2/c1-8-10-11-12-13-30-38-45-52-68(73)81-59-67(88-71(76)55-48-41-34-33-37-44-51-64(7)9-2)61-86-90(79,80)84-57-65(72)56-83-89(77,78)85-60-66(58-82-69(74)53-46-39-31-27-26-29-36-43-50-63(5)6)87-70(75)54-47-40-32-25-23-21-19-17-15-14-16-18-20-22-24-28-35-42-49-62(3)4/h62-67,72H,8-61H2,1-7H3,(H,77,78)(H,79,80)/t64?,65-,66-,67-/m1/s1. The Bertz CT molecular complexity index is 1770. The second-order valence-corrected chi connectivity index (χ2v) is 29.7. The molecule has 0 rings (SSSR count). The van der Waals surface area contributed by atoms with Crippen molar-refractivity contribution in [3.05, 3.63) is 0 Å². The third-order valence-corrected chi connectivity index (χ3v) is 18.6. The average molecular weight is 1330 g/mol. The molecule has 0 fully saturated rings. The van der Waals surface area contributed by atoms with Crippen molar-refractivity contribution in [3.63, 3.8) is 0 Å². The molecule has 3 N–H and O–H groups in total. The number of aliphatic hydroxyl groups excluding tert-OH is 1. The van der Waals surface area contributed by atoms with E-state index in [4.69, 9.17) is 37.0 Å². The van der Waals surface area contributed by atoms with E-state index in [9.17, 15) is 43.2 Å². The summed E-state index contributed by atoms with van der Waals surface area (Å²) in [6.07, 6.45) is 46.1. The minimum absolute atomic E-state index is 0.103. The van der Waals surface area contributed by atoms with Crippen molar-refractivity contribution in [1.29, 1.82) is 0 Å². The molecular formula is C71H138O17P2. The maximum atomic E-state index is 13.0. The van der Waals surface area contributed by atoms with Gasteiger partial charge in [-0.1, -0.05) is 305 Å². The zero-order valence-corrected chi connectivity index (χ0v) is 60.4. The van der Waals surface area contributed by atoms with E-state index in [-0.39, 0.29) is 25.7 Å². The van der Waals surface area contributed by atoms with Crippen LogP contribution in [-0.4, -0.2) is 96.7 Å². The lowest BCUT2D eigenvalue weighted by Gasteiger charge is -2.21. The highest BCUT2D eigenvalue weighted by atomic mass is 31.2. The minimum Gasteiger partial charge on any atom is -0.462 e. The Balaban J connectivity index is 5.15. The molecule has 17 nitrogen and oxygen atoms in total. The third kappa shape index (κ3) is 63.5. The summed E-state index contributed by atoms with van der Waals surface area (Å²) in [6, 6.07) is 0. The minimum atomic E-state index is -4.95. The average Bonchev–Trinajstić information content (AvgIpc) is 3.40. The number of phosphoric ester groups is 2. The first-order valence-electron chi connectivity index (χ1n) is 36.9. The van der Waals surface area contributed by atoms with Gasteiger partial charge in [-0.2, -0.15) is 0 Å². The van der Waals surface area contributed by atoms with Crippen LogP contribution in [-0.2, 0) is 65.4 Å². The molecule has 0 radical (unpaired) electrons. The summed E-state index contributed by atoms with van der Waals surface area (Å²) in [7, 11) is -9.90. The number of carbonyl (C=O) groups excluding carboxylic acids is 4. The molecule has 0 saturated heterocycles. The molecule has 0 spiro atoms. The number of hydrogen-bond donors (Lipinski definition) is 3. The van der Waals surface area contributed by atoms with Crippen LogP contribution in [0.3, 0.4) is 0 Å². The van der Waals surface area contributed by atoms with Crippen molar-refractivity contribution in [2.75, 3.05) is 39.6 Å². The summed E-state index contributed by atoms with van der Waals surface area (Å²) >= 11 is 0. The highest BCUT2D eigenvalue weighted by molar-refractivity contribution is 7.47. The lowest BCUT2D eigenvalue weighted by Crippen LogP contribution is -2.30. The van der Waals surface area contributed by atoms with Gasteiger partial charge in [-0.15, -0.1) is 0 Å². The first-order chi connectivity index (χ1) is 43.3. The van der Waals surface area contributed by atoms with Gasteiger partial charge in [0.05, 0.1) is 26.4 Å². The van der Waals surface area contributed by atoms with Crippen LogP contribution in [0.15, 0.2) is 0 Å². The second kappa shape index (κ2) is 61.9. The van der Waals surface area contributed by atoms with Crippen LogP contribution in [0.4, 0.5) is 0 Å². The van der Waals surface area contributed by atoms with Gasteiger partial charge in [0.1, 0.15) is 19.3 Å². The zero-order chi connectivity index (χ0) is 66.6. The lowest BCUT2D eigenvalue weighted by molar-refractivity contribution is -0.161. The molecular weight excluding hydrogens is 1190 g/mol. The SMILES string of the molecule is CCCCCCCCCCC(=O)OC[C@H](COP(=O)(O)OC[C@H](O)COP(=O)(O)OC[C@@H](COC(=O)CCCCCCCCCCC(C)C)OC(=O)CCCCCCCCCCCCCCCCCCCCC(C)C)OC(=O)CCCCCCCCC(C)CC. The molecule has 0 bridgehead atoms. The van der Waals surface area contributed by atoms with Crippen LogP contribution < -0.4 is 0 Å². The molecule has 0 aromatic heterocycles. The first-order valence-corrected chi connectivity index (χ1v) is 39.9. The van der Waals surface area contributed by atoms with Crippen LogP contribution in [0.25, 0.3) is 0 Å². The van der Waals surface area contributed by atoms with E-state index in [1.807, 2.05) is 0 Å². The van der Waals surface area contributed by atoms with Gasteiger partial charge >= 0.3 is 39.5 Å². The fourth-order valence-corrected chi connectivity index (χ4v) is 12.3. The van der Waals surface area contributed by atoms with E-state index in [1.165, 1.54) is 161 Å². The van der Waals surface area contributed by atoms with E-state index in [1.54, 1.807) is 0 Å². The summed E-state index contributed by atoms with van der Waals surface area (Å²) in [4.78, 5) is 72.4. The number of ether oxygens (including phenoxy) is 4. The summed E-state index contributed by atoms with van der Waals surface area (Å²) < 4.78 is 68.2. The molecule has 90 heavy (non-hydrogen) atoms. The Morgan fingerprint density at radius 1 is 0.322 bits per heavy atom. The van der Waals surface area contributed by atoms with E-state index in [0.29, 0.717) is 25.7 Å². The fraction of sp³-hybridized carbons (Fsp3) is 0.944. The summed E-state index contributed by atoms with van der Waals surface area (Å²) in [5, 5.41) is 10.6. The quantitative estimate of drug-likeness (QED) is 0.0222. The van der Waals surface area contributed by atoms with Crippen molar-refractivity contribution in [2.45, 2.75) is 375 Å². The maximum absolute atomic E-state index is 13.0. The van der Waals surface area contributed by atoms with Gasteiger partial charge in [-0.3, -0.25) is 37.3 Å². The first kappa shape index (κ1) is 88.1. The number of unbranched alkanes of at least 4 members (excludes halogenated alkanes) is 36. The van der Waals surface area contributed by atoms with Crippen LogP contribution in [0, 0.1) is 17.8 Å². The van der Waals surface area contributed by atoms with Crippen LogP contribution in [0.2, 0.25) is 0 Å². The summed E-state index contributed by atoms with van der Waals surface area (Å²) in [5.41, 5.74) is 0. The molecule has 534 valence electrons. The highest BCUT2D eigenvalue weighted by Gasteiger charge is 2.30. The second-order valence-electron chi connectivity index (χ2n) is 26.8. The number of aliphatic hydroxyl groups is 1. The molecule has 0 aromatic carbocycles. The largest absolute Gasteiger partial charge is 0.472 e. The van der Waals surface area contributed by atoms with Gasteiger partial charge in [0.15, 0.2) is 12.2 Å². The molecule has 19 heteroatoms. The predicted molar refractivity (Wildman–Crippen MR) is 363 cm³/mol. The fourth-order valence-electron chi connectivity index (χ4n) is 10.7. The molecule has 0 amide bonds. The Morgan fingerprint density at radius 2 is 0.567 bits per heavy atom. The molecule has 0 aliphatic carbocycles. The van der Waals surface area contributed by atoms with Crippen molar-refractivity contribution in [2.24, 2.45) is 17.8 Å². The highest BCUT2D eigenvalue weighted by Crippen LogP contribution is 2.45. The Labute approximate surface area is 549 Å². The number of carbonyl (C=O) groups is 4. The smallest absolute Gasteiger partial charge is 0.462 e. The Hall–Kier alpha value is -1.94. The monoisotopic (exact) mass is 1320 g/mol. The van der Waals surface area contributed by atoms with Gasteiger partial charge in [0, 0.05) is 25.7 Å². The normalized spacial score (nSPS) is 14.5. The maximum Gasteiger partial charge on any atom is 0.472 e. The summed E-state index contributed by atoms with van der Waals surface area (Å²) in [5.74, 6) is 0.135. The van der Waals surface area contributed by atoms with Crippen molar-refractivity contribution in [1.82, 2.24) is 0 Å². The van der Waals surface area contributed by atoms with E-state index in [2.05, 4.69) is 48.5 Å². The number of esters is 4. The van der Waals surface area contributed by atoms with E-state index < -0.39 is 97.5 Å². The molecule has 3 unspecified atom stereocenters. The zero-order valence-electron chi connectivity index (χ0n) is 58.6. The van der Waals surface area contributed by atoms with Gasteiger partial charge in [-0.25, -0.2) is 9.13 Å². The summed E-state index contributed by atoms with van der Waals surface area (Å²) in [6.45, 7) is 11.8. The molecule has 0 saturated carbocycles. The molecule has 6 atom stereocenters. The van der Waals surface area contributed by atoms with Crippen molar-refractivity contribution >= 4 is 39.5 Å². The van der Waals surface area contributed by atoms with Crippen LogP contribution in [0.1, 0.15) is 357 Å². The van der Waals surface area contributed by atoms with Gasteiger partial charge in [0.2, 0.25) is 0 Å². The molecule has 0 heterocycles. The Morgan fingerprint density at radius 3 is 0.844 bits per heavy atom. The van der Waals surface area contributed by atoms with Crippen molar-refractivity contribution < 1.29 is 80.2 Å². The topological polar surface area (TPSA) is 237 Å². The van der Waals surface area contributed by atoms with Crippen LogP contribution >= 0.6 is 15.6 Å².